The molecular weight excluding hydrogens is 615 g/mol. The van der Waals surface area contributed by atoms with E-state index in [1.165, 1.54) is 224 Å². The number of aromatic nitrogens is 1. The van der Waals surface area contributed by atoms with Crippen LogP contribution in [-0.2, 0) is 12.8 Å². The quantitative estimate of drug-likeness (QED) is 0.0487. The Morgan fingerprint density at radius 1 is 0.373 bits per heavy atom. The van der Waals surface area contributed by atoms with E-state index >= 15 is 0 Å². The van der Waals surface area contributed by atoms with E-state index in [1.807, 2.05) is 0 Å². The highest BCUT2D eigenvalue weighted by molar-refractivity contribution is 5.23. The lowest BCUT2D eigenvalue weighted by Crippen LogP contribution is -2.40. The second-order valence-corrected chi connectivity index (χ2v) is 16.4. The molecule has 1 nitrogen and oxygen atoms in total. The van der Waals surface area contributed by atoms with Crippen LogP contribution < -0.4 is 4.57 Å². The molecule has 2 rings (SSSR count). The van der Waals surface area contributed by atoms with Crippen LogP contribution >= 0.6 is 0 Å². The van der Waals surface area contributed by atoms with Crippen LogP contribution in [0.4, 0.5) is 0 Å². The average Bonchev–Trinajstić information content (AvgIpc) is 3.15. The van der Waals surface area contributed by atoms with Crippen LogP contribution in [0.15, 0.2) is 48.8 Å². The molecule has 0 aliphatic heterocycles. The van der Waals surface area contributed by atoms with Gasteiger partial charge in [-0.05, 0) is 31.2 Å². The van der Waals surface area contributed by atoms with Crippen LogP contribution in [0.3, 0.4) is 0 Å². The van der Waals surface area contributed by atoms with Gasteiger partial charge in [0.15, 0.2) is 18.4 Å². The van der Waals surface area contributed by atoms with Crippen molar-refractivity contribution in [3.63, 3.8) is 0 Å². The molecule has 0 aliphatic rings. The van der Waals surface area contributed by atoms with Crippen molar-refractivity contribution in [2.45, 2.75) is 252 Å². The van der Waals surface area contributed by atoms with E-state index in [9.17, 15) is 0 Å². The van der Waals surface area contributed by atoms with Crippen molar-refractivity contribution >= 4 is 0 Å². The van der Waals surface area contributed by atoms with Crippen LogP contribution in [0.5, 0.6) is 0 Å². The van der Waals surface area contributed by atoms with Crippen LogP contribution in [0.25, 0.3) is 0 Å². The van der Waals surface area contributed by atoms with Crippen molar-refractivity contribution in [3.05, 3.63) is 65.5 Å². The van der Waals surface area contributed by atoms with Crippen molar-refractivity contribution in [1.82, 2.24) is 0 Å². The van der Waals surface area contributed by atoms with Gasteiger partial charge in [0.1, 0.15) is 0 Å². The maximum absolute atomic E-state index is 2.54. The first kappa shape index (κ1) is 45.5. The molecule has 51 heavy (non-hydrogen) atoms. The zero-order chi connectivity index (χ0) is 36.3. The SMILES string of the molecule is CCCCCCCCCCCCCCCCCCc1cc[n+](C(CC)c2ccccc2)cc1CCCCCCCCCCCCCCCCCC. The van der Waals surface area contributed by atoms with Gasteiger partial charge in [0.2, 0.25) is 0 Å². The Kier molecular flexibility index (Phi) is 30.5. The fraction of sp³-hybridized carbons (Fsp3) is 0.780. The Labute approximate surface area is 320 Å². The largest absolute Gasteiger partial charge is 0.198 e. The molecule has 0 amide bonds. The number of benzene rings is 1. The molecule has 0 spiro atoms. The number of hydrogen-bond donors (Lipinski definition) is 0. The van der Waals surface area contributed by atoms with E-state index in [4.69, 9.17) is 0 Å². The highest BCUT2D eigenvalue weighted by atomic mass is 15.0. The predicted octanol–water partition coefficient (Wildman–Crippen LogP) is 16.6. The summed E-state index contributed by atoms with van der Waals surface area (Å²) in [5.74, 6) is 0. The summed E-state index contributed by atoms with van der Waals surface area (Å²) in [5.41, 5.74) is 4.68. The summed E-state index contributed by atoms with van der Waals surface area (Å²) in [7, 11) is 0. The monoisotopic (exact) mass is 703 g/mol. The summed E-state index contributed by atoms with van der Waals surface area (Å²) in [6.07, 6.45) is 54.6. The minimum absolute atomic E-state index is 0.431. The van der Waals surface area contributed by atoms with E-state index in [-0.39, 0.29) is 0 Å². The van der Waals surface area contributed by atoms with E-state index in [0.29, 0.717) is 6.04 Å². The van der Waals surface area contributed by atoms with Crippen molar-refractivity contribution in [1.29, 1.82) is 0 Å². The smallest absolute Gasteiger partial charge is 0.183 e. The van der Waals surface area contributed by atoms with E-state index < -0.39 is 0 Å². The number of pyridine rings is 1. The normalized spacial score (nSPS) is 12.1. The Morgan fingerprint density at radius 3 is 1.06 bits per heavy atom. The van der Waals surface area contributed by atoms with Crippen molar-refractivity contribution in [3.8, 4) is 0 Å². The number of unbranched alkanes of at least 4 members (excludes halogenated alkanes) is 30. The molecule has 0 aliphatic carbocycles. The van der Waals surface area contributed by atoms with Crippen molar-refractivity contribution in [2.24, 2.45) is 0 Å². The highest BCUT2D eigenvalue weighted by Gasteiger charge is 2.20. The summed E-state index contributed by atoms with van der Waals surface area (Å²) < 4.78 is 2.52. The summed E-state index contributed by atoms with van der Waals surface area (Å²) in [5, 5.41) is 0. The molecule has 1 aromatic carbocycles. The van der Waals surface area contributed by atoms with Crippen LogP contribution in [-0.4, -0.2) is 0 Å². The minimum atomic E-state index is 0.431. The summed E-state index contributed by atoms with van der Waals surface area (Å²) in [6, 6.07) is 14.1. The zero-order valence-corrected chi connectivity index (χ0v) is 34.9. The first-order valence-electron chi connectivity index (χ1n) is 23.4. The third kappa shape index (κ3) is 24.3. The third-order valence-electron chi connectivity index (χ3n) is 11.7. The zero-order valence-electron chi connectivity index (χ0n) is 34.9. The lowest BCUT2D eigenvalue weighted by Gasteiger charge is -2.14. The van der Waals surface area contributed by atoms with Crippen LogP contribution in [0, 0.1) is 0 Å². The van der Waals surface area contributed by atoms with Gasteiger partial charge in [-0.2, -0.15) is 4.57 Å². The molecule has 1 unspecified atom stereocenters. The summed E-state index contributed by atoms with van der Waals surface area (Å²) in [4.78, 5) is 0. The lowest BCUT2D eigenvalue weighted by molar-refractivity contribution is -0.714. The van der Waals surface area contributed by atoms with Gasteiger partial charge >= 0.3 is 0 Å². The Hall–Kier alpha value is -1.63. The summed E-state index contributed by atoms with van der Waals surface area (Å²) >= 11 is 0. The van der Waals surface area contributed by atoms with Gasteiger partial charge in [-0.3, -0.25) is 0 Å². The molecular formula is C50H88N+. The van der Waals surface area contributed by atoms with Crippen molar-refractivity contribution < 1.29 is 4.57 Å². The number of rotatable bonds is 37. The molecule has 1 atom stereocenters. The molecule has 0 saturated carbocycles. The Balaban J connectivity index is 1.64. The fourth-order valence-corrected chi connectivity index (χ4v) is 8.27. The Morgan fingerprint density at radius 2 is 0.706 bits per heavy atom. The van der Waals surface area contributed by atoms with Gasteiger partial charge in [0, 0.05) is 23.6 Å². The number of hydrogen-bond acceptors (Lipinski definition) is 0. The van der Waals surface area contributed by atoms with E-state index in [2.05, 4.69) is 74.1 Å². The van der Waals surface area contributed by atoms with E-state index in [1.54, 1.807) is 11.1 Å². The van der Waals surface area contributed by atoms with Gasteiger partial charge in [-0.25, -0.2) is 0 Å². The van der Waals surface area contributed by atoms with Crippen molar-refractivity contribution in [2.75, 3.05) is 0 Å². The first-order chi connectivity index (χ1) is 25.3. The predicted molar refractivity (Wildman–Crippen MR) is 228 cm³/mol. The topological polar surface area (TPSA) is 3.88 Å². The molecule has 2 aromatic rings. The molecule has 0 saturated heterocycles. The van der Waals surface area contributed by atoms with Crippen LogP contribution in [0.1, 0.15) is 255 Å². The fourth-order valence-electron chi connectivity index (χ4n) is 8.27. The summed E-state index contributed by atoms with van der Waals surface area (Å²) in [6.45, 7) is 6.96. The average molecular weight is 703 g/mol. The molecule has 0 N–H and O–H groups in total. The third-order valence-corrected chi connectivity index (χ3v) is 11.7. The second kappa shape index (κ2) is 34.2. The molecule has 1 aromatic heterocycles. The van der Waals surface area contributed by atoms with Gasteiger partial charge in [0.05, 0.1) is 0 Å². The standard InChI is InChI=1S/C50H88N/c1-4-7-9-11-13-15-17-19-21-23-25-27-29-31-33-36-40-47-44-45-51(50(6-3)48-41-38-35-39-42-48)46-49(47)43-37-34-32-30-28-26-24-22-20-18-16-14-12-10-8-5-2/h35,38-39,41-42,44-46,50H,4-34,36-37,40,43H2,1-3H3/q+1. The molecule has 1 heterocycles. The van der Waals surface area contributed by atoms with E-state index in [0.717, 1.165) is 6.42 Å². The Bertz CT molecular complexity index is 995. The molecule has 292 valence electrons. The van der Waals surface area contributed by atoms with Crippen LogP contribution in [0.2, 0.25) is 0 Å². The highest BCUT2D eigenvalue weighted by Crippen LogP contribution is 2.21. The second-order valence-electron chi connectivity index (χ2n) is 16.4. The molecule has 1 heteroatoms. The van der Waals surface area contributed by atoms with Gasteiger partial charge in [-0.15, -0.1) is 0 Å². The van der Waals surface area contributed by atoms with Gasteiger partial charge < -0.3 is 0 Å². The molecule has 0 bridgehead atoms. The minimum Gasteiger partial charge on any atom is -0.198 e. The van der Waals surface area contributed by atoms with Gasteiger partial charge in [-0.1, -0.05) is 244 Å². The molecule has 0 fully saturated rings. The first-order valence-corrected chi connectivity index (χ1v) is 23.4. The van der Waals surface area contributed by atoms with Gasteiger partial charge in [0.25, 0.3) is 0 Å². The number of aryl methyl sites for hydroxylation is 2. The maximum atomic E-state index is 2.54. The maximum Gasteiger partial charge on any atom is 0.183 e. The number of nitrogens with zero attached hydrogens (tertiary/aromatic N) is 1. The lowest BCUT2D eigenvalue weighted by atomic mass is 9.96. The molecule has 0 radical (unpaired) electrons.